The largest absolute Gasteiger partial charge is 0.398 e. The number of hydrogen-bond acceptors (Lipinski definition) is 2. The average molecular weight is 275 g/mol. The predicted molar refractivity (Wildman–Crippen MR) is 59.0 cm³/mol. The summed E-state index contributed by atoms with van der Waals surface area (Å²) in [6.45, 7) is 0. The van der Waals surface area contributed by atoms with E-state index in [1.807, 2.05) is 6.07 Å². The minimum atomic E-state index is 0.872. The van der Waals surface area contributed by atoms with Gasteiger partial charge in [0.15, 0.2) is 0 Å². The summed E-state index contributed by atoms with van der Waals surface area (Å²) >= 11 is 4.03. The Labute approximate surface area is 82.4 Å². The van der Waals surface area contributed by atoms with Crippen molar-refractivity contribution >= 4 is 49.7 Å². The number of benzene rings is 1. The first kappa shape index (κ1) is 7.36. The molecule has 0 unspecified atom stereocenters. The van der Waals surface area contributed by atoms with Crippen molar-refractivity contribution in [1.82, 2.24) is 0 Å². The van der Waals surface area contributed by atoms with E-state index in [0.29, 0.717) is 0 Å². The number of anilines is 1. The summed E-state index contributed by atoms with van der Waals surface area (Å²) in [6, 6.07) is 6.14. The number of nitrogen functional groups attached to an aromatic ring is 1. The van der Waals surface area contributed by atoms with Crippen LogP contribution in [0.1, 0.15) is 0 Å². The van der Waals surface area contributed by atoms with Crippen LogP contribution in [-0.2, 0) is 0 Å². The van der Waals surface area contributed by atoms with Crippen molar-refractivity contribution in [3.63, 3.8) is 0 Å². The zero-order valence-corrected chi connectivity index (χ0v) is 8.65. The molecule has 0 saturated carbocycles. The summed E-state index contributed by atoms with van der Waals surface area (Å²) < 4.78 is 2.48. The van der Waals surface area contributed by atoms with E-state index >= 15 is 0 Å². The summed E-state index contributed by atoms with van der Waals surface area (Å²) in [7, 11) is 0. The third kappa shape index (κ3) is 1.12. The maximum absolute atomic E-state index is 5.74. The first-order valence-electron chi connectivity index (χ1n) is 3.20. The minimum Gasteiger partial charge on any atom is -0.398 e. The third-order valence-corrected chi connectivity index (χ3v) is 3.69. The average Bonchev–Trinajstić information content (AvgIpc) is 2.45. The van der Waals surface area contributed by atoms with Gasteiger partial charge in [-0.15, -0.1) is 11.3 Å². The van der Waals surface area contributed by atoms with Gasteiger partial charge in [0.05, 0.1) is 0 Å². The Bertz CT molecular complexity index is 394. The molecule has 0 radical (unpaired) electrons. The second-order valence-electron chi connectivity index (χ2n) is 2.30. The van der Waals surface area contributed by atoms with Crippen LogP contribution >= 0.6 is 33.9 Å². The van der Waals surface area contributed by atoms with Crippen molar-refractivity contribution < 1.29 is 0 Å². The summed E-state index contributed by atoms with van der Waals surface area (Å²) in [5.41, 5.74) is 6.61. The van der Waals surface area contributed by atoms with Crippen molar-refractivity contribution in [2.24, 2.45) is 0 Å². The van der Waals surface area contributed by atoms with Crippen LogP contribution in [0.2, 0.25) is 0 Å². The Balaban J connectivity index is 2.93. The molecule has 0 aliphatic rings. The number of halogens is 1. The highest BCUT2D eigenvalue weighted by molar-refractivity contribution is 14.1. The van der Waals surface area contributed by atoms with Gasteiger partial charge in [-0.25, -0.2) is 0 Å². The summed E-state index contributed by atoms with van der Waals surface area (Å²) in [4.78, 5) is 0. The molecule has 56 valence electrons. The van der Waals surface area contributed by atoms with Crippen molar-refractivity contribution in [3.8, 4) is 0 Å². The fraction of sp³-hybridized carbons (Fsp3) is 0. The third-order valence-electron chi connectivity index (χ3n) is 1.60. The molecule has 3 heteroatoms. The number of rotatable bonds is 0. The molecule has 0 saturated heterocycles. The quantitative estimate of drug-likeness (QED) is 0.580. The van der Waals surface area contributed by atoms with Gasteiger partial charge in [0, 0.05) is 19.3 Å². The standard InChI is InChI=1S/C8H6INS/c9-8-5-3-4-11-7(5)2-1-6(8)10/h1-4H,10H2. The van der Waals surface area contributed by atoms with Gasteiger partial charge in [0.1, 0.15) is 0 Å². The molecule has 0 amide bonds. The first-order valence-corrected chi connectivity index (χ1v) is 5.16. The van der Waals surface area contributed by atoms with E-state index in [0.717, 1.165) is 5.69 Å². The molecule has 1 nitrogen and oxygen atoms in total. The van der Waals surface area contributed by atoms with Crippen LogP contribution in [0.25, 0.3) is 10.1 Å². The fourth-order valence-corrected chi connectivity index (χ4v) is 2.65. The van der Waals surface area contributed by atoms with Crippen LogP contribution in [0, 0.1) is 3.57 Å². The normalized spacial score (nSPS) is 10.6. The van der Waals surface area contributed by atoms with Crippen LogP contribution < -0.4 is 5.73 Å². The molecule has 1 aromatic heterocycles. The van der Waals surface area contributed by atoms with Gasteiger partial charge < -0.3 is 5.73 Å². The Morgan fingerprint density at radius 3 is 2.91 bits per heavy atom. The highest BCUT2D eigenvalue weighted by atomic mass is 127. The molecule has 0 fully saturated rings. The van der Waals surface area contributed by atoms with E-state index in [-0.39, 0.29) is 0 Å². The zero-order chi connectivity index (χ0) is 7.84. The lowest BCUT2D eigenvalue weighted by Crippen LogP contribution is -1.87. The molecule has 2 rings (SSSR count). The number of nitrogens with two attached hydrogens (primary N) is 1. The first-order chi connectivity index (χ1) is 5.29. The molecule has 1 heterocycles. The molecule has 0 bridgehead atoms. The van der Waals surface area contributed by atoms with Gasteiger partial charge in [-0.1, -0.05) is 0 Å². The lowest BCUT2D eigenvalue weighted by molar-refractivity contribution is 1.73. The maximum atomic E-state index is 5.74. The van der Waals surface area contributed by atoms with E-state index in [1.54, 1.807) is 11.3 Å². The fourth-order valence-electron chi connectivity index (χ4n) is 1.03. The van der Waals surface area contributed by atoms with Crippen LogP contribution in [0.4, 0.5) is 5.69 Å². The molecule has 0 spiro atoms. The monoisotopic (exact) mass is 275 g/mol. The molecular weight excluding hydrogens is 269 g/mol. The predicted octanol–water partition coefficient (Wildman–Crippen LogP) is 3.09. The molecule has 11 heavy (non-hydrogen) atoms. The van der Waals surface area contributed by atoms with Gasteiger partial charge in [0.25, 0.3) is 0 Å². The SMILES string of the molecule is Nc1ccc2sccc2c1I. The van der Waals surface area contributed by atoms with Crippen molar-refractivity contribution in [2.45, 2.75) is 0 Å². The number of fused-ring (bicyclic) bond motifs is 1. The van der Waals surface area contributed by atoms with Gasteiger partial charge in [-0.05, 0) is 46.2 Å². The zero-order valence-electron chi connectivity index (χ0n) is 5.67. The van der Waals surface area contributed by atoms with Gasteiger partial charge in [-0.3, -0.25) is 0 Å². The lowest BCUT2D eigenvalue weighted by Gasteiger charge is -1.97. The lowest BCUT2D eigenvalue weighted by atomic mass is 10.2. The van der Waals surface area contributed by atoms with Gasteiger partial charge >= 0.3 is 0 Å². The summed E-state index contributed by atoms with van der Waals surface area (Å²) in [5, 5.41) is 3.36. The van der Waals surface area contributed by atoms with Crippen LogP contribution in [0.15, 0.2) is 23.6 Å². The van der Waals surface area contributed by atoms with E-state index < -0.39 is 0 Å². The van der Waals surface area contributed by atoms with E-state index in [9.17, 15) is 0 Å². The molecule has 0 atom stereocenters. The van der Waals surface area contributed by atoms with Gasteiger partial charge in [-0.2, -0.15) is 0 Å². The van der Waals surface area contributed by atoms with Crippen molar-refractivity contribution in [3.05, 3.63) is 27.1 Å². The molecule has 0 aliphatic heterocycles. The second-order valence-corrected chi connectivity index (χ2v) is 4.33. The van der Waals surface area contributed by atoms with Crippen LogP contribution in [0.5, 0.6) is 0 Å². The number of thiophene rings is 1. The molecule has 2 aromatic rings. The van der Waals surface area contributed by atoms with Crippen molar-refractivity contribution in [2.75, 3.05) is 5.73 Å². The molecule has 1 aromatic carbocycles. The second kappa shape index (κ2) is 2.64. The summed E-state index contributed by atoms with van der Waals surface area (Å²) in [5.74, 6) is 0. The minimum absolute atomic E-state index is 0.872. The Morgan fingerprint density at radius 2 is 2.09 bits per heavy atom. The smallest absolute Gasteiger partial charge is 0.0456 e. The van der Waals surface area contributed by atoms with Gasteiger partial charge in [0.2, 0.25) is 0 Å². The number of hydrogen-bond donors (Lipinski definition) is 1. The van der Waals surface area contributed by atoms with E-state index in [4.69, 9.17) is 5.73 Å². The van der Waals surface area contributed by atoms with E-state index in [2.05, 4.69) is 40.1 Å². The molecule has 2 N–H and O–H groups in total. The summed E-state index contributed by atoms with van der Waals surface area (Å²) in [6.07, 6.45) is 0. The Kier molecular flexibility index (Phi) is 1.77. The van der Waals surface area contributed by atoms with Crippen LogP contribution in [0.3, 0.4) is 0 Å². The topological polar surface area (TPSA) is 26.0 Å². The maximum Gasteiger partial charge on any atom is 0.0456 e. The molecular formula is C8H6INS. The van der Waals surface area contributed by atoms with E-state index in [1.165, 1.54) is 13.7 Å². The van der Waals surface area contributed by atoms with Crippen LogP contribution in [-0.4, -0.2) is 0 Å². The Hall–Kier alpha value is -0.290. The highest BCUT2D eigenvalue weighted by Gasteiger charge is 2.01. The molecule has 0 aliphatic carbocycles. The highest BCUT2D eigenvalue weighted by Crippen LogP contribution is 2.29. The Morgan fingerprint density at radius 1 is 1.27 bits per heavy atom. The van der Waals surface area contributed by atoms with Crippen molar-refractivity contribution in [1.29, 1.82) is 0 Å².